The Morgan fingerprint density at radius 2 is 2.06 bits per heavy atom. The Labute approximate surface area is 101 Å². The lowest BCUT2D eigenvalue weighted by atomic mass is 9.56. The first kappa shape index (κ1) is 10.1. The Kier molecular flexibility index (Phi) is 1.55. The third kappa shape index (κ3) is 1.05. The van der Waals surface area contributed by atoms with Gasteiger partial charge < -0.3 is 9.84 Å². The molecule has 0 saturated heterocycles. The van der Waals surface area contributed by atoms with Gasteiger partial charge in [0.05, 0.1) is 5.60 Å². The third-order valence-corrected chi connectivity index (χ3v) is 5.88. The summed E-state index contributed by atoms with van der Waals surface area (Å²) >= 11 is 0. The maximum atomic E-state index is 11.5. The van der Waals surface area contributed by atoms with Gasteiger partial charge >= 0.3 is 5.97 Å². The van der Waals surface area contributed by atoms with Gasteiger partial charge in [0, 0.05) is 12.5 Å². The Hall–Kier alpha value is -0.830. The number of aliphatic hydroxyl groups is 1. The lowest BCUT2D eigenvalue weighted by Crippen LogP contribution is -2.46. The fraction of sp³-hybridized carbons (Fsp3) is 0.786. The molecule has 0 aliphatic heterocycles. The summed E-state index contributed by atoms with van der Waals surface area (Å²) in [6.45, 7) is 3.47. The first-order valence-electron chi connectivity index (χ1n) is 6.57. The van der Waals surface area contributed by atoms with Crippen LogP contribution in [0, 0.1) is 17.3 Å². The van der Waals surface area contributed by atoms with E-state index in [-0.39, 0.29) is 11.6 Å². The number of hydrogen-bond donors (Lipinski definition) is 1. The SMILES string of the molecule is C=CC(=O)OC12CC3CC4CC(O)(C1)CC43C2. The smallest absolute Gasteiger partial charge is 0.330 e. The van der Waals surface area contributed by atoms with E-state index in [9.17, 15) is 9.90 Å². The highest BCUT2D eigenvalue weighted by Crippen LogP contribution is 2.77. The molecule has 3 bridgehead atoms. The van der Waals surface area contributed by atoms with E-state index < -0.39 is 5.60 Å². The average Bonchev–Trinajstić information content (AvgIpc) is 2.52. The first-order valence-corrected chi connectivity index (χ1v) is 6.57. The molecule has 0 amide bonds. The molecule has 5 atom stereocenters. The summed E-state index contributed by atoms with van der Waals surface area (Å²) in [5.41, 5.74) is -0.627. The van der Waals surface area contributed by atoms with Crippen LogP contribution in [0.25, 0.3) is 0 Å². The van der Waals surface area contributed by atoms with Crippen LogP contribution in [-0.2, 0) is 9.53 Å². The first-order chi connectivity index (χ1) is 7.99. The standard InChI is InChI=1S/C14H18O3/c1-2-11(15)17-13-5-10-3-9-4-12(16,6-13)7-14(9,10)8-13/h2,9-10,16H,1,3-8H2. The zero-order chi connectivity index (χ0) is 11.9. The van der Waals surface area contributed by atoms with Gasteiger partial charge in [-0.1, -0.05) is 6.58 Å². The van der Waals surface area contributed by atoms with Gasteiger partial charge in [-0.05, 0) is 49.4 Å². The lowest BCUT2D eigenvalue weighted by Gasteiger charge is -2.49. The van der Waals surface area contributed by atoms with Crippen molar-refractivity contribution in [1.29, 1.82) is 0 Å². The fourth-order valence-electron chi connectivity index (χ4n) is 5.70. The van der Waals surface area contributed by atoms with Crippen LogP contribution in [0.1, 0.15) is 38.5 Å². The van der Waals surface area contributed by atoms with Crippen molar-refractivity contribution in [1.82, 2.24) is 0 Å². The van der Waals surface area contributed by atoms with Gasteiger partial charge in [0.2, 0.25) is 0 Å². The molecule has 4 aliphatic rings. The van der Waals surface area contributed by atoms with E-state index in [0.29, 0.717) is 23.7 Å². The molecule has 1 spiro atoms. The maximum absolute atomic E-state index is 11.5. The minimum absolute atomic E-state index is 0.314. The van der Waals surface area contributed by atoms with Crippen molar-refractivity contribution in [3.8, 4) is 0 Å². The molecule has 0 heterocycles. The van der Waals surface area contributed by atoms with Crippen molar-refractivity contribution in [2.45, 2.75) is 49.7 Å². The van der Waals surface area contributed by atoms with E-state index in [4.69, 9.17) is 4.74 Å². The molecular formula is C14H18O3. The maximum Gasteiger partial charge on any atom is 0.330 e. The Balaban J connectivity index is 1.72. The molecule has 1 N–H and O–H groups in total. The fourth-order valence-corrected chi connectivity index (χ4v) is 5.70. The van der Waals surface area contributed by atoms with Crippen LogP contribution in [0.4, 0.5) is 0 Å². The molecule has 4 rings (SSSR count). The Morgan fingerprint density at radius 1 is 1.29 bits per heavy atom. The van der Waals surface area contributed by atoms with Crippen LogP contribution in [0.2, 0.25) is 0 Å². The molecule has 17 heavy (non-hydrogen) atoms. The van der Waals surface area contributed by atoms with Gasteiger partial charge in [0.25, 0.3) is 0 Å². The van der Waals surface area contributed by atoms with Gasteiger partial charge in [-0.2, -0.15) is 0 Å². The average molecular weight is 234 g/mol. The second kappa shape index (κ2) is 2.61. The van der Waals surface area contributed by atoms with E-state index >= 15 is 0 Å². The highest BCUT2D eigenvalue weighted by molar-refractivity contribution is 5.81. The molecule has 0 aromatic carbocycles. The summed E-state index contributed by atoms with van der Waals surface area (Å²) in [5, 5.41) is 10.6. The van der Waals surface area contributed by atoms with Gasteiger partial charge in [0.1, 0.15) is 5.60 Å². The number of carbonyl (C=O) groups is 1. The van der Waals surface area contributed by atoms with Crippen molar-refractivity contribution in [2.24, 2.45) is 17.3 Å². The monoisotopic (exact) mass is 234 g/mol. The second-order valence-electron chi connectivity index (χ2n) is 6.83. The van der Waals surface area contributed by atoms with Crippen LogP contribution < -0.4 is 0 Å². The zero-order valence-corrected chi connectivity index (χ0v) is 9.95. The summed E-state index contributed by atoms with van der Waals surface area (Å²) in [6, 6.07) is 0. The van der Waals surface area contributed by atoms with E-state index in [2.05, 4.69) is 6.58 Å². The summed E-state index contributed by atoms with van der Waals surface area (Å²) in [5.74, 6) is 1.04. The number of ether oxygens (including phenoxy) is 1. The molecular weight excluding hydrogens is 216 g/mol. The van der Waals surface area contributed by atoms with Gasteiger partial charge in [0.15, 0.2) is 0 Å². The van der Waals surface area contributed by atoms with Gasteiger partial charge in [-0.3, -0.25) is 0 Å². The van der Waals surface area contributed by atoms with E-state index in [1.54, 1.807) is 0 Å². The van der Waals surface area contributed by atoms with Crippen LogP contribution in [0.3, 0.4) is 0 Å². The van der Waals surface area contributed by atoms with Crippen molar-refractivity contribution < 1.29 is 14.6 Å². The highest BCUT2D eigenvalue weighted by Gasteiger charge is 2.75. The number of hydrogen-bond acceptors (Lipinski definition) is 3. The largest absolute Gasteiger partial charge is 0.456 e. The highest BCUT2D eigenvalue weighted by atomic mass is 16.6. The summed E-state index contributed by atoms with van der Waals surface area (Å²) in [6.07, 6.45) is 6.94. The molecule has 0 radical (unpaired) electrons. The Bertz CT molecular complexity index is 427. The quantitative estimate of drug-likeness (QED) is 0.585. The van der Waals surface area contributed by atoms with Crippen molar-refractivity contribution in [2.75, 3.05) is 0 Å². The number of fused-ring (bicyclic) bond motifs is 2. The zero-order valence-electron chi connectivity index (χ0n) is 9.95. The second-order valence-corrected chi connectivity index (χ2v) is 6.83. The molecule has 4 fully saturated rings. The lowest BCUT2D eigenvalue weighted by molar-refractivity contribution is -0.164. The predicted molar refractivity (Wildman–Crippen MR) is 61.1 cm³/mol. The third-order valence-electron chi connectivity index (χ3n) is 5.88. The minimum Gasteiger partial charge on any atom is -0.456 e. The number of carbonyl (C=O) groups excluding carboxylic acids is 1. The van der Waals surface area contributed by atoms with Crippen molar-refractivity contribution in [3.63, 3.8) is 0 Å². The Morgan fingerprint density at radius 3 is 2.82 bits per heavy atom. The minimum atomic E-state index is -0.560. The van der Waals surface area contributed by atoms with Gasteiger partial charge in [-0.25, -0.2) is 4.79 Å². The van der Waals surface area contributed by atoms with Crippen molar-refractivity contribution >= 4 is 5.97 Å². The van der Waals surface area contributed by atoms with Crippen LogP contribution in [0.5, 0.6) is 0 Å². The molecule has 0 aromatic rings. The summed E-state index contributed by atoms with van der Waals surface area (Å²) in [7, 11) is 0. The summed E-state index contributed by atoms with van der Waals surface area (Å²) < 4.78 is 5.64. The van der Waals surface area contributed by atoms with Crippen LogP contribution in [0.15, 0.2) is 12.7 Å². The topological polar surface area (TPSA) is 46.5 Å². The van der Waals surface area contributed by atoms with E-state index in [0.717, 1.165) is 25.7 Å². The van der Waals surface area contributed by atoms with E-state index in [1.165, 1.54) is 12.5 Å². The summed E-state index contributed by atoms with van der Waals surface area (Å²) in [4.78, 5) is 11.5. The molecule has 4 saturated carbocycles. The number of rotatable bonds is 2. The number of esters is 1. The molecule has 4 aliphatic carbocycles. The molecule has 5 unspecified atom stereocenters. The van der Waals surface area contributed by atoms with E-state index in [1.807, 2.05) is 0 Å². The molecule has 3 heteroatoms. The molecule has 0 aromatic heterocycles. The normalized spacial score (nSPS) is 57.5. The predicted octanol–water partition coefficient (Wildman–Crippen LogP) is 1.80. The molecule has 92 valence electrons. The van der Waals surface area contributed by atoms with Crippen LogP contribution >= 0.6 is 0 Å². The van der Waals surface area contributed by atoms with Gasteiger partial charge in [-0.15, -0.1) is 0 Å². The van der Waals surface area contributed by atoms with Crippen LogP contribution in [-0.4, -0.2) is 22.3 Å². The molecule has 3 nitrogen and oxygen atoms in total. The van der Waals surface area contributed by atoms with Crippen molar-refractivity contribution in [3.05, 3.63) is 12.7 Å².